The van der Waals surface area contributed by atoms with Gasteiger partial charge >= 0.3 is 0 Å². The fraction of sp³-hybridized carbons (Fsp3) is 1.00. The minimum Gasteiger partial charge on any atom is -0.317 e. The van der Waals surface area contributed by atoms with Crippen LogP contribution < -0.4 is 5.32 Å². The predicted octanol–water partition coefficient (Wildman–Crippen LogP) is 4.23. The lowest BCUT2D eigenvalue weighted by Crippen LogP contribution is -2.37. The Morgan fingerprint density at radius 2 is 1.88 bits per heavy atom. The lowest BCUT2D eigenvalue weighted by atomic mass is 9.72. The Bertz CT molecular complexity index is 178. The van der Waals surface area contributed by atoms with Crippen molar-refractivity contribution in [1.29, 1.82) is 0 Å². The van der Waals surface area contributed by atoms with E-state index >= 15 is 0 Å². The summed E-state index contributed by atoms with van der Waals surface area (Å²) in [5.41, 5.74) is 0. The second kappa shape index (κ2) is 7.32. The van der Waals surface area contributed by atoms with Crippen molar-refractivity contribution in [3.63, 3.8) is 0 Å². The van der Waals surface area contributed by atoms with Crippen LogP contribution >= 0.6 is 0 Å². The SMILES string of the molecule is CCCCCC(NC)C1CCC(C)C(C)C1. The van der Waals surface area contributed by atoms with Gasteiger partial charge in [0.1, 0.15) is 0 Å². The van der Waals surface area contributed by atoms with E-state index in [0.29, 0.717) is 0 Å². The number of hydrogen-bond donors (Lipinski definition) is 1. The molecule has 1 rings (SSSR count). The van der Waals surface area contributed by atoms with E-state index in [9.17, 15) is 0 Å². The standard InChI is InChI=1S/C15H31N/c1-5-6-7-8-15(16-4)14-10-9-12(2)13(3)11-14/h12-16H,5-11H2,1-4H3. The first-order chi connectivity index (χ1) is 7.69. The minimum atomic E-state index is 0.779. The molecule has 1 heteroatoms. The van der Waals surface area contributed by atoms with Crippen molar-refractivity contribution >= 4 is 0 Å². The molecule has 0 radical (unpaired) electrons. The molecule has 0 aromatic rings. The highest BCUT2D eigenvalue weighted by molar-refractivity contribution is 4.83. The van der Waals surface area contributed by atoms with Gasteiger partial charge in [0.2, 0.25) is 0 Å². The van der Waals surface area contributed by atoms with E-state index < -0.39 is 0 Å². The maximum absolute atomic E-state index is 3.57. The van der Waals surface area contributed by atoms with Gasteiger partial charge in [-0.2, -0.15) is 0 Å². The smallest absolute Gasteiger partial charge is 0.00924 e. The summed E-state index contributed by atoms with van der Waals surface area (Å²) in [5.74, 6) is 2.82. The molecular weight excluding hydrogens is 194 g/mol. The van der Waals surface area contributed by atoms with Gasteiger partial charge in [0.05, 0.1) is 0 Å². The van der Waals surface area contributed by atoms with Crippen LogP contribution in [0.4, 0.5) is 0 Å². The average Bonchev–Trinajstić information content (AvgIpc) is 2.29. The van der Waals surface area contributed by atoms with Gasteiger partial charge in [-0.1, -0.05) is 46.5 Å². The van der Waals surface area contributed by atoms with Crippen molar-refractivity contribution < 1.29 is 0 Å². The molecule has 0 aromatic heterocycles. The van der Waals surface area contributed by atoms with Gasteiger partial charge < -0.3 is 5.32 Å². The van der Waals surface area contributed by atoms with Crippen LogP contribution in [0.15, 0.2) is 0 Å². The van der Waals surface area contributed by atoms with Crippen molar-refractivity contribution in [2.45, 2.75) is 71.8 Å². The Balaban J connectivity index is 2.34. The molecule has 4 unspecified atom stereocenters. The molecule has 0 saturated heterocycles. The monoisotopic (exact) mass is 225 g/mol. The van der Waals surface area contributed by atoms with E-state index in [0.717, 1.165) is 23.8 Å². The summed E-state index contributed by atoms with van der Waals surface area (Å²) in [6.07, 6.45) is 9.86. The van der Waals surface area contributed by atoms with Crippen molar-refractivity contribution in [3.05, 3.63) is 0 Å². The number of hydrogen-bond acceptors (Lipinski definition) is 1. The van der Waals surface area contributed by atoms with Gasteiger partial charge in [0.25, 0.3) is 0 Å². The Morgan fingerprint density at radius 1 is 1.12 bits per heavy atom. The molecule has 1 fully saturated rings. The van der Waals surface area contributed by atoms with Crippen LogP contribution in [-0.4, -0.2) is 13.1 Å². The second-order valence-corrected chi connectivity index (χ2v) is 5.92. The Hall–Kier alpha value is -0.0400. The number of rotatable bonds is 6. The molecular formula is C15H31N. The summed E-state index contributed by atoms with van der Waals surface area (Å²) in [4.78, 5) is 0. The first-order valence-corrected chi connectivity index (χ1v) is 7.36. The van der Waals surface area contributed by atoms with Crippen LogP contribution in [0, 0.1) is 17.8 Å². The molecule has 96 valence electrons. The van der Waals surface area contributed by atoms with Gasteiger partial charge in [-0.05, 0) is 44.1 Å². The summed E-state index contributed by atoms with van der Waals surface area (Å²) in [5, 5.41) is 3.57. The van der Waals surface area contributed by atoms with Crippen molar-refractivity contribution in [2.24, 2.45) is 17.8 Å². The molecule has 1 aliphatic carbocycles. The molecule has 0 aliphatic heterocycles. The van der Waals surface area contributed by atoms with E-state index in [1.165, 1.54) is 44.9 Å². The van der Waals surface area contributed by atoms with Gasteiger partial charge in [-0.15, -0.1) is 0 Å². The summed E-state index contributed by atoms with van der Waals surface area (Å²) in [6.45, 7) is 7.15. The van der Waals surface area contributed by atoms with Crippen LogP contribution in [0.5, 0.6) is 0 Å². The Morgan fingerprint density at radius 3 is 2.44 bits per heavy atom. The molecule has 16 heavy (non-hydrogen) atoms. The van der Waals surface area contributed by atoms with E-state index in [1.807, 2.05) is 0 Å². The lowest BCUT2D eigenvalue weighted by molar-refractivity contribution is 0.168. The molecule has 1 nitrogen and oxygen atoms in total. The van der Waals surface area contributed by atoms with Gasteiger partial charge in [0.15, 0.2) is 0 Å². The van der Waals surface area contributed by atoms with E-state index in [1.54, 1.807) is 0 Å². The fourth-order valence-electron chi connectivity index (χ4n) is 3.18. The van der Waals surface area contributed by atoms with Crippen molar-refractivity contribution in [3.8, 4) is 0 Å². The van der Waals surface area contributed by atoms with Crippen molar-refractivity contribution in [1.82, 2.24) is 5.32 Å². The quantitative estimate of drug-likeness (QED) is 0.667. The Kier molecular flexibility index (Phi) is 6.41. The van der Waals surface area contributed by atoms with Gasteiger partial charge in [-0.25, -0.2) is 0 Å². The van der Waals surface area contributed by atoms with E-state index in [-0.39, 0.29) is 0 Å². The zero-order valence-electron chi connectivity index (χ0n) is 11.8. The van der Waals surface area contributed by atoms with Crippen LogP contribution in [-0.2, 0) is 0 Å². The second-order valence-electron chi connectivity index (χ2n) is 5.92. The highest BCUT2D eigenvalue weighted by Gasteiger charge is 2.28. The van der Waals surface area contributed by atoms with Gasteiger partial charge in [0, 0.05) is 6.04 Å². The first-order valence-electron chi connectivity index (χ1n) is 7.36. The molecule has 1 aliphatic rings. The zero-order chi connectivity index (χ0) is 12.0. The summed E-state index contributed by atoms with van der Waals surface area (Å²) < 4.78 is 0. The molecule has 0 amide bonds. The normalized spacial score (nSPS) is 32.6. The molecule has 1 N–H and O–H groups in total. The third-order valence-corrected chi connectivity index (χ3v) is 4.70. The molecule has 0 aromatic carbocycles. The maximum Gasteiger partial charge on any atom is 0.00924 e. The molecule has 4 atom stereocenters. The topological polar surface area (TPSA) is 12.0 Å². The van der Waals surface area contributed by atoms with Crippen molar-refractivity contribution in [2.75, 3.05) is 7.05 Å². The van der Waals surface area contributed by atoms with Crippen LogP contribution in [0.2, 0.25) is 0 Å². The number of nitrogens with one attached hydrogen (secondary N) is 1. The third kappa shape index (κ3) is 4.08. The van der Waals surface area contributed by atoms with E-state index in [4.69, 9.17) is 0 Å². The van der Waals surface area contributed by atoms with E-state index in [2.05, 4.69) is 33.1 Å². The Labute approximate surface area is 102 Å². The lowest BCUT2D eigenvalue weighted by Gasteiger charge is -2.36. The van der Waals surface area contributed by atoms with Gasteiger partial charge in [-0.3, -0.25) is 0 Å². The highest BCUT2D eigenvalue weighted by atomic mass is 14.9. The maximum atomic E-state index is 3.57. The fourth-order valence-corrected chi connectivity index (χ4v) is 3.18. The summed E-state index contributed by atoms with van der Waals surface area (Å²) >= 11 is 0. The molecule has 0 heterocycles. The average molecular weight is 225 g/mol. The number of unbranched alkanes of at least 4 members (excludes halogenated alkanes) is 2. The van der Waals surface area contributed by atoms with Crippen LogP contribution in [0.1, 0.15) is 65.7 Å². The minimum absolute atomic E-state index is 0.779. The molecule has 0 spiro atoms. The largest absolute Gasteiger partial charge is 0.317 e. The summed E-state index contributed by atoms with van der Waals surface area (Å²) in [6, 6.07) is 0.779. The van der Waals surface area contributed by atoms with Crippen LogP contribution in [0.3, 0.4) is 0 Å². The third-order valence-electron chi connectivity index (χ3n) is 4.70. The first kappa shape index (κ1) is 14.0. The molecule has 0 bridgehead atoms. The molecule has 1 saturated carbocycles. The highest BCUT2D eigenvalue weighted by Crippen LogP contribution is 2.35. The summed E-state index contributed by atoms with van der Waals surface area (Å²) in [7, 11) is 2.15. The zero-order valence-corrected chi connectivity index (χ0v) is 11.8. The predicted molar refractivity (Wildman–Crippen MR) is 72.7 cm³/mol. The van der Waals surface area contributed by atoms with Crippen LogP contribution in [0.25, 0.3) is 0 Å².